The molecule has 1 saturated heterocycles. The van der Waals surface area contributed by atoms with Crippen molar-refractivity contribution in [3.63, 3.8) is 0 Å². The fraction of sp³-hybridized carbons (Fsp3) is 0.941. The van der Waals surface area contributed by atoms with E-state index in [1.54, 1.807) is 14.2 Å². The predicted molar refractivity (Wildman–Crippen MR) is 90.5 cm³/mol. The smallest absolute Gasteiger partial charge is 0.410 e. The molecule has 2 unspecified atom stereocenters. The first-order valence-corrected chi connectivity index (χ1v) is 8.55. The SMILES string of the molecule is COC(CNC(C)CC1CCCCN1C(=O)OC(C)(C)C)OC. The van der Waals surface area contributed by atoms with Gasteiger partial charge in [0.2, 0.25) is 0 Å². The minimum atomic E-state index is -0.451. The van der Waals surface area contributed by atoms with Crippen molar-refractivity contribution in [1.82, 2.24) is 10.2 Å². The minimum Gasteiger partial charge on any atom is -0.444 e. The fourth-order valence-corrected chi connectivity index (χ4v) is 2.86. The summed E-state index contributed by atoms with van der Waals surface area (Å²) in [5.74, 6) is 0. The van der Waals surface area contributed by atoms with Crippen molar-refractivity contribution in [2.75, 3.05) is 27.3 Å². The monoisotopic (exact) mass is 330 g/mol. The summed E-state index contributed by atoms with van der Waals surface area (Å²) in [6.07, 6.45) is 3.71. The van der Waals surface area contributed by atoms with Gasteiger partial charge in [-0.1, -0.05) is 0 Å². The van der Waals surface area contributed by atoms with Gasteiger partial charge >= 0.3 is 6.09 Å². The van der Waals surface area contributed by atoms with Crippen LogP contribution in [-0.4, -0.2) is 62.3 Å². The highest BCUT2D eigenvalue weighted by Crippen LogP contribution is 2.23. The van der Waals surface area contributed by atoms with E-state index in [1.165, 1.54) is 0 Å². The fourth-order valence-electron chi connectivity index (χ4n) is 2.86. The van der Waals surface area contributed by atoms with E-state index in [-0.39, 0.29) is 24.5 Å². The van der Waals surface area contributed by atoms with Gasteiger partial charge in [-0.25, -0.2) is 4.79 Å². The van der Waals surface area contributed by atoms with Crippen LogP contribution in [-0.2, 0) is 14.2 Å². The Morgan fingerprint density at radius 1 is 1.26 bits per heavy atom. The molecule has 0 aromatic carbocycles. The van der Waals surface area contributed by atoms with Gasteiger partial charge in [-0.05, 0) is 53.4 Å². The molecule has 1 rings (SSSR count). The van der Waals surface area contributed by atoms with Gasteiger partial charge in [0, 0.05) is 39.4 Å². The second-order valence-corrected chi connectivity index (χ2v) is 7.27. The Balaban J connectivity index is 2.52. The Morgan fingerprint density at radius 3 is 2.48 bits per heavy atom. The molecule has 0 aromatic heterocycles. The Bertz CT molecular complexity index is 353. The van der Waals surface area contributed by atoms with Gasteiger partial charge in [-0.2, -0.15) is 0 Å². The number of nitrogens with one attached hydrogen (secondary N) is 1. The van der Waals surface area contributed by atoms with E-state index < -0.39 is 5.60 Å². The Labute approximate surface area is 140 Å². The summed E-state index contributed by atoms with van der Waals surface area (Å²) >= 11 is 0. The van der Waals surface area contributed by atoms with Crippen molar-refractivity contribution >= 4 is 6.09 Å². The summed E-state index contributed by atoms with van der Waals surface area (Å²) in [5.41, 5.74) is -0.451. The second-order valence-electron chi connectivity index (χ2n) is 7.27. The lowest BCUT2D eigenvalue weighted by Gasteiger charge is -2.38. The van der Waals surface area contributed by atoms with E-state index in [9.17, 15) is 4.79 Å². The number of rotatable bonds is 7. The first-order chi connectivity index (χ1) is 10.8. The molecule has 0 aromatic rings. The zero-order valence-corrected chi connectivity index (χ0v) is 15.6. The van der Waals surface area contributed by atoms with Crippen LogP contribution in [0.1, 0.15) is 53.4 Å². The van der Waals surface area contributed by atoms with E-state index in [0.717, 1.165) is 32.2 Å². The molecule has 23 heavy (non-hydrogen) atoms. The van der Waals surface area contributed by atoms with Crippen molar-refractivity contribution in [1.29, 1.82) is 0 Å². The standard InChI is InChI=1S/C17H34N2O4/c1-13(18-12-15(21-5)22-6)11-14-9-7-8-10-19(14)16(20)23-17(2,3)4/h13-15,18H,7-12H2,1-6H3. The number of carbonyl (C=O) groups is 1. The third-order valence-electron chi connectivity index (χ3n) is 4.04. The Kier molecular flexibility index (Phi) is 8.29. The molecule has 6 heteroatoms. The minimum absolute atomic E-state index is 0.193. The molecule has 0 radical (unpaired) electrons. The highest BCUT2D eigenvalue weighted by molar-refractivity contribution is 5.68. The summed E-state index contributed by atoms with van der Waals surface area (Å²) in [6, 6.07) is 0.500. The number of amides is 1. The first kappa shape index (κ1) is 20.2. The zero-order chi connectivity index (χ0) is 17.5. The first-order valence-electron chi connectivity index (χ1n) is 8.55. The zero-order valence-electron chi connectivity index (χ0n) is 15.6. The Hall–Kier alpha value is -0.850. The van der Waals surface area contributed by atoms with Gasteiger partial charge in [0.05, 0.1) is 0 Å². The van der Waals surface area contributed by atoms with Crippen LogP contribution in [0.3, 0.4) is 0 Å². The van der Waals surface area contributed by atoms with Crippen LogP contribution in [0.4, 0.5) is 4.79 Å². The molecule has 0 spiro atoms. The number of nitrogens with zero attached hydrogens (tertiary/aromatic N) is 1. The summed E-state index contributed by atoms with van der Waals surface area (Å²) in [6.45, 7) is 9.26. The normalized spacial score (nSPS) is 20.7. The molecule has 1 fully saturated rings. The lowest BCUT2D eigenvalue weighted by atomic mass is 9.96. The quantitative estimate of drug-likeness (QED) is 0.727. The van der Waals surface area contributed by atoms with Crippen molar-refractivity contribution in [3.8, 4) is 0 Å². The maximum Gasteiger partial charge on any atom is 0.410 e. The van der Waals surface area contributed by atoms with Crippen molar-refractivity contribution in [2.24, 2.45) is 0 Å². The molecule has 0 aliphatic carbocycles. The molecule has 1 heterocycles. The molecule has 1 N–H and O–H groups in total. The highest BCUT2D eigenvalue weighted by atomic mass is 16.7. The van der Waals surface area contributed by atoms with Crippen LogP contribution in [0.25, 0.3) is 0 Å². The van der Waals surface area contributed by atoms with Gasteiger partial charge in [-0.15, -0.1) is 0 Å². The van der Waals surface area contributed by atoms with Crippen LogP contribution in [0, 0.1) is 0 Å². The largest absolute Gasteiger partial charge is 0.444 e. The second kappa shape index (κ2) is 9.45. The van der Waals surface area contributed by atoms with E-state index in [4.69, 9.17) is 14.2 Å². The lowest BCUT2D eigenvalue weighted by Crippen LogP contribution is -2.48. The molecule has 1 aliphatic rings. The van der Waals surface area contributed by atoms with Gasteiger partial charge < -0.3 is 24.4 Å². The summed E-state index contributed by atoms with van der Waals surface area (Å²) in [5, 5.41) is 3.41. The van der Waals surface area contributed by atoms with E-state index in [2.05, 4.69) is 12.2 Å². The van der Waals surface area contributed by atoms with Gasteiger partial charge in [0.25, 0.3) is 0 Å². The number of ether oxygens (including phenoxy) is 3. The third kappa shape index (κ3) is 7.50. The van der Waals surface area contributed by atoms with Crippen LogP contribution in [0.2, 0.25) is 0 Å². The topological polar surface area (TPSA) is 60.0 Å². The van der Waals surface area contributed by atoms with E-state index in [1.807, 2.05) is 25.7 Å². The molecular weight excluding hydrogens is 296 g/mol. The summed E-state index contributed by atoms with van der Waals surface area (Å²) in [4.78, 5) is 14.3. The third-order valence-corrected chi connectivity index (χ3v) is 4.04. The van der Waals surface area contributed by atoms with Crippen molar-refractivity contribution in [2.45, 2.75) is 77.4 Å². The number of hydrogen-bond donors (Lipinski definition) is 1. The number of hydrogen-bond acceptors (Lipinski definition) is 5. The molecule has 0 bridgehead atoms. The maximum absolute atomic E-state index is 12.4. The van der Waals surface area contributed by atoms with Gasteiger partial charge in [0.15, 0.2) is 6.29 Å². The van der Waals surface area contributed by atoms with Crippen molar-refractivity contribution < 1.29 is 19.0 Å². The average molecular weight is 330 g/mol. The van der Waals surface area contributed by atoms with Crippen LogP contribution in [0.5, 0.6) is 0 Å². The maximum atomic E-state index is 12.4. The van der Waals surface area contributed by atoms with Gasteiger partial charge in [0.1, 0.15) is 5.60 Å². The number of piperidine rings is 1. The average Bonchev–Trinajstić information content (AvgIpc) is 2.47. The van der Waals surface area contributed by atoms with E-state index >= 15 is 0 Å². The molecule has 2 atom stereocenters. The van der Waals surface area contributed by atoms with Crippen LogP contribution < -0.4 is 5.32 Å². The molecule has 6 nitrogen and oxygen atoms in total. The summed E-state index contributed by atoms with van der Waals surface area (Å²) < 4.78 is 15.9. The number of methoxy groups -OCH3 is 2. The Morgan fingerprint density at radius 2 is 1.91 bits per heavy atom. The molecular formula is C17H34N2O4. The molecule has 1 aliphatic heterocycles. The summed E-state index contributed by atoms with van der Waals surface area (Å²) in [7, 11) is 3.26. The van der Waals surface area contributed by atoms with Crippen molar-refractivity contribution in [3.05, 3.63) is 0 Å². The molecule has 136 valence electrons. The highest BCUT2D eigenvalue weighted by Gasteiger charge is 2.31. The molecule has 0 saturated carbocycles. The number of likely N-dealkylation sites (tertiary alicyclic amines) is 1. The van der Waals surface area contributed by atoms with Gasteiger partial charge in [-0.3, -0.25) is 0 Å². The molecule has 1 amide bonds. The number of carbonyl (C=O) groups excluding carboxylic acids is 1. The predicted octanol–water partition coefficient (Wildman–Crippen LogP) is 2.76. The van der Waals surface area contributed by atoms with Crippen LogP contribution >= 0.6 is 0 Å². The van der Waals surface area contributed by atoms with Crippen LogP contribution in [0.15, 0.2) is 0 Å². The lowest BCUT2D eigenvalue weighted by molar-refractivity contribution is -0.1000. The van der Waals surface area contributed by atoms with E-state index in [0.29, 0.717) is 6.54 Å².